The van der Waals surface area contributed by atoms with Gasteiger partial charge in [0.25, 0.3) is 0 Å². The summed E-state index contributed by atoms with van der Waals surface area (Å²) < 4.78 is 24.2. The van der Waals surface area contributed by atoms with Crippen molar-refractivity contribution in [1.29, 1.82) is 0 Å². The molecule has 0 aliphatic carbocycles. The number of amides is 4. The second-order valence-corrected chi connectivity index (χ2v) is 18.1. The van der Waals surface area contributed by atoms with E-state index in [9.17, 15) is 24.3 Å². The van der Waals surface area contributed by atoms with Crippen LogP contribution in [0.1, 0.15) is 38.4 Å². The monoisotopic (exact) mass is 913 g/mol. The second kappa shape index (κ2) is 22.1. The number of ether oxygens (including phenoxy) is 4. The summed E-state index contributed by atoms with van der Waals surface area (Å²) in [6.07, 6.45) is 1.21. The molecule has 0 bridgehead atoms. The fourth-order valence-electron chi connectivity index (χ4n) is 7.86. The number of hydrogen-bond acceptors (Lipinski definition) is 14. The highest BCUT2D eigenvalue weighted by Crippen LogP contribution is 2.28. The van der Waals surface area contributed by atoms with Gasteiger partial charge in [-0.2, -0.15) is 4.98 Å². The number of likely N-dealkylation sites (tertiary alicyclic amines) is 1. The predicted octanol–water partition coefficient (Wildman–Crippen LogP) is 2.84. The molecular weight excluding hydrogens is 855 g/mol. The van der Waals surface area contributed by atoms with Crippen molar-refractivity contribution in [2.45, 2.75) is 58.8 Å². The van der Waals surface area contributed by atoms with E-state index in [0.717, 1.165) is 38.5 Å². The van der Waals surface area contributed by atoms with Crippen LogP contribution >= 0.6 is 11.3 Å². The summed E-state index contributed by atoms with van der Waals surface area (Å²) in [5.74, 6) is 0.103. The first-order valence-electron chi connectivity index (χ1n) is 22.0. The Bertz CT molecular complexity index is 2390. The Labute approximate surface area is 382 Å². The number of carbonyl (C=O) groups is 4. The van der Waals surface area contributed by atoms with Gasteiger partial charge < -0.3 is 49.4 Å². The van der Waals surface area contributed by atoms with E-state index >= 15 is 0 Å². The molecule has 0 radical (unpaired) electrons. The fourth-order valence-corrected chi connectivity index (χ4v) is 8.67. The van der Waals surface area contributed by atoms with Gasteiger partial charge in [0.2, 0.25) is 29.4 Å². The third-order valence-electron chi connectivity index (χ3n) is 11.4. The van der Waals surface area contributed by atoms with Crippen LogP contribution in [0.5, 0.6) is 0 Å². The lowest BCUT2D eigenvalue weighted by Gasteiger charge is -2.35. The number of carbonyl (C=O) groups excluding carboxylic acids is 4. The molecular formula is C46H59N9O9S. The Balaban J connectivity index is 0.725. The molecule has 7 rings (SSSR count). The van der Waals surface area contributed by atoms with Crippen molar-refractivity contribution in [2.75, 3.05) is 90.5 Å². The summed E-state index contributed by atoms with van der Waals surface area (Å²) >= 11 is 1.57. The quantitative estimate of drug-likeness (QED) is 0.0964. The van der Waals surface area contributed by atoms with Crippen LogP contribution in [0.25, 0.3) is 27.3 Å². The molecule has 348 valence electrons. The molecule has 4 amide bonds. The number of aryl methyl sites for hydroxylation is 1. The Morgan fingerprint density at radius 2 is 1.54 bits per heavy atom. The largest absolute Gasteiger partial charge is 0.391 e. The number of benzene rings is 2. The SMILES string of the molecule is Cc1ncsc1-c1ccc(CNC(=O)[C@@H]2C[C@@H](O)CN2C(=O)[C@@H](NC(=O)COCCOCCOCCOCC(=O)N2CCN(c3ccn4c(n3)nc3ccccc34)CC2)C(C)(C)C)cc1. The molecule has 0 spiro atoms. The van der Waals surface area contributed by atoms with Gasteiger partial charge in [0.15, 0.2) is 0 Å². The average molecular weight is 914 g/mol. The molecule has 3 atom stereocenters. The van der Waals surface area contributed by atoms with Crippen LogP contribution in [0.15, 0.2) is 66.3 Å². The van der Waals surface area contributed by atoms with E-state index in [0.29, 0.717) is 51.8 Å². The van der Waals surface area contributed by atoms with Crippen molar-refractivity contribution in [3.8, 4) is 10.4 Å². The molecule has 18 nitrogen and oxygen atoms in total. The molecule has 2 aliphatic heterocycles. The zero-order valence-corrected chi connectivity index (χ0v) is 38.3. The number of para-hydroxylation sites is 2. The van der Waals surface area contributed by atoms with E-state index in [2.05, 4.69) is 25.5 Å². The number of anilines is 1. The molecule has 2 fully saturated rings. The highest BCUT2D eigenvalue weighted by molar-refractivity contribution is 7.13. The summed E-state index contributed by atoms with van der Waals surface area (Å²) in [5.41, 5.74) is 5.92. The first-order chi connectivity index (χ1) is 31.4. The van der Waals surface area contributed by atoms with Crippen LogP contribution < -0.4 is 15.5 Å². The first kappa shape index (κ1) is 47.4. The highest BCUT2D eigenvalue weighted by Gasteiger charge is 2.44. The minimum absolute atomic E-state index is 0.0196. The minimum atomic E-state index is -0.969. The lowest BCUT2D eigenvalue weighted by atomic mass is 9.85. The zero-order valence-electron chi connectivity index (χ0n) is 37.4. The van der Waals surface area contributed by atoms with Gasteiger partial charge in [0.1, 0.15) is 31.1 Å². The maximum Gasteiger partial charge on any atom is 0.248 e. The van der Waals surface area contributed by atoms with Crippen molar-refractivity contribution < 1.29 is 43.2 Å². The number of rotatable bonds is 20. The maximum atomic E-state index is 13.9. The van der Waals surface area contributed by atoms with Gasteiger partial charge in [0, 0.05) is 51.9 Å². The molecule has 2 saturated heterocycles. The van der Waals surface area contributed by atoms with Crippen molar-refractivity contribution in [3.63, 3.8) is 0 Å². The second-order valence-electron chi connectivity index (χ2n) is 17.2. The molecule has 5 aromatic rings. The first-order valence-corrected chi connectivity index (χ1v) is 22.9. The number of imidazole rings is 1. The van der Waals surface area contributed by atoms with Crippen LogP contribution in [-0.2, 0) is 44.7 Å². The van der Waals surface area contributed by atoms with Crippen molar-refractivity contribution in [2.24, 2.45) is 5.41 Å². The molecule has 5 heterocycles. The van der Waals surface area contributed by atoms with Crippen LogP contribution in [0.4, 0.5) is 5.82 Å². The van der Waals surface area contributed by atoms with E-state index in [1.165, 1.54) is 4.90 Å². The number of nitrogens with zero attached hydrogens (tertiary/aromatic N) is 7. The molecule has 3 aromatic heterocycles. The van der Waals surface area contributed by atoms with Crippen LogP contribution in [0.2, 0.25) is 0 Å². The smallest absolute Gasteiger partial charge is 0.248 e. The molecule has 2 aliphatic rings. The molecule has 3 N–H and O–H groups in total. The number of hydrogen-bond donors (Lipinski definition) is 3. The van der Waals surface area contributed by atoms with Crippen LogP contribution in [0.3, 0.4) is 0 Å². The predicted molar refractivity (Wildman–Crippen MR) is 244 cm³/mol. The Morgan fingerprint density at radius 1 is 0.862 bits per heavy atom. The molecule has 19 heteroatoms. The van der Waals surface area contributed by atoms with Crippen molar-refractivity contribution >= 4 is 57.6 Å². The summed E-state index contributed by atoms with van der Waals surface area (Å²) in [6, 6.07) is 15.9. The number of nitrogens with one attached hydrogen (secondary N) is 2. The fraction of sp³-hybridized carbons (Fsp3) is 0.500. The summed E-state index contributed by atoms with van der Waals surface area (Å²) in [6.45, 7) is 11.4. The van der Waals surface area contributed by atoms with Gasteiger partial charge in [-0.25, -0.2) is 9.97 Å². The number of aliphatic hydroxyl groups excluding tert-OH is 1. The number of β-amino-alcohol motifs (C(OH)–C–C–N with tert-alkyl or cyclic N) is 1. The summed E-state index contributed by atoms with van der Waals surface area (Å²) in [4.78, 5) is 73.1. The molecule has 2 aromatic carbocycles. The third kappa shape index (κ3) is 12.4. The Morgan fingerprint density at radius 3 is 2.22 bits per heavy atom. The lowest BCUT2D eigenvalue weighted by molar-refractivity contribution is -0.144. The van der Waals surface area contributed by atoms with Crippen molar-refractivity contribution in [3.05, 3.63) is 77.6 Å². The molecule has 0 unspecified atom stereocenters. The van der Waals surface area contributed by atoms with Gasteiger partial charge >= 0.3 is 0 Å². The molecule has 65 heavy (non-hydrogen) atoms. The normalized spacial score (nSPS) is 17.2. The summed E-state index contributed by atoms with van der Waals surface area (Å²) in [7, 11) is 0. The van der Waals surface area contributed by atoms with E-state index in [4.69, 9.17) is 23.9 Å². The van der Waals surface area contributed by atoms with Gasteiger partial charge in [-0.15, -0.1) is 11.3 Å². The van der Waals surface area contributed by atoms with Gasteiger partial charge in [-0.05, 0) is 41.7 Å². The standard InChI is InChI=1S/C46H59N9O9S/c1-31-41(65-30-48-31)33-11-9-32(10-12-33)26-47-43(59)37-25-34(56)27-55(37)44(60)42(46(2,3)4)51-39(57)28-63-23-21-61-19-20-62-22-24-64-29-40(58)53-17-15-52(16-18-53)38-13-14-54-36-8-6-5-7-35(36)49-45(54)50-38/h5-14,30,34,37,42,56H,15-29H2,1-4H3,(H,47,59)(H,51,57)/t34-,37+,42-/m1/s1. The Hall–Kier alpha value is -5.57. The third-order valence-corrected chi connectivity index (χ3v) is 12.4. The van der Waals surface area contributed by atoms with Crippen molar-refractivity contribution in [1.82, 2.24) is 39.8 Å². The maximum absolute atomic E-state index is 13.9. The van der Waals surface area contributed by atoms with Crippen LogP contribution in [0, 0.1) is 12.3 Å². The number of aromatic nitrogens is 4. The number of fused-ring (bicyclic) bond motifs is 3. The zero-order chi connectivity index (χ0) is 45.9. The lowest BCUT2D eigenvalue weighted by Crippen LogP contribution is -2.58. The topological polar surface area (TPSA) is 202 Å². The summed E-state index contributed by atoms with van der Waals surface area (Å²) in [5, 5.41) is 16.2. The number of thiazole rings is 1. The average Bonchev–Trinajstić information content (AvgIpc) is 4.03. The van der Waals surface area contributed by atoms with Crippen LogP contribution in [-0.4, -0.2) is 162 Å². The minimum Gasteiger partial charge on any atom is -0.391 e. The Kier molecular flexibility index (Phi) is 16.1. The van der Waals surface area contributed by atoms with Gasteiger partial charge in [-0.1, -0.05) is 57.2 Å². The molecule has 0 saturated carbocycles. The van der Waals surface area contributed by atoms with E-state index < -0.39 is 35.4 Å². The van der Waals surface area contributed by atoms with Gasteiger partial charge in [-0.3, -0.25) is 23.6 Å². The highest BCUT2D eigenvalue weighted by atomic mass is 32.1. The number of piperazine rings is 1. The van der Waals surface area contributed by atoms with E-state index in [-0.39, 0.29) is 64.4 Å². The van der Waals surface area contributed by atoms with Gasteiger partial charge in [0.05, 0.1) is 72.9 Å². The van der Waals surface area contributed by atoms with E-state index in [1.54, 1.807) is 16.2 Å². The van der Waals surface area contributed by atoms with E-state index in [1.807, 2.05) is 98.4 Å². The number of aliphatic hydroxyl groups is 1.